The standard InChI is InChI=1S/C14H11NO6/c1-14(5-4-13(17)21-14)12-7-10(16)9-6-8(15(18)19)2-3-11(9)20-12/h2-6,12H,7H2,1H3/t12-,14+/m0/s1. The van der Waals surface area contributed by atoms with E-state index in [2.05, 4.69) is 0 Å². The van der Waals surface area contributed by atoms with Crippen LogP contribution in [0.3, 0.4) is 0 Å². The fourth-order valence-corrected chi connectivity index (χ4v) is 2.44. The minimum atomic E-state index is -1.01. The summed E-state index contributed by atoms with van der Waals surface area (Å²) in [5.41, 5.74) is -0.994. The Morgan fingerprint density at radius 2 is 2.14 bits per heavy atom. The second-order valence-corrected chi connectivity index (χ2v) is 5.11. The molecule has 0 saturated carbocycles. The zero-order valence-electron chi connectivity index (χ0n) is 11.1. The van der Waals surface area contributed by atoms with Gasteiger partial charge in [-0.15, -0.1) is 0 Å². The molecule has 21 heavy (non-hydrogen) atoms. The van der Waals surface area contributed by atoms with Gasteiger partial charge in [-0.1, -0.05) is 0 Å². The van der Waals surface area contributed by atoms with E-state index >= 15 is 0 Å². The monoisotopic (exact) mass is 289 g/mol. The van der Waals surface area contributed by atoms with Crippen molar-refractivity contribution in [2.75, 3.05) is 0 Å². The lowest BCUT2D eigenvalue weighted by Gasteiger charge is -2.34. The number of carbonyl (C=O) groups excluding carboxylic acids is 2. The summed E-state index contributed by atoms with van der Waals surface area (Å²) in [7, 11) is 0. The lowest BCUT2D eigenvalue weighted by atomic mass is 9.90. The molecule has 0 spiro atoms. The normalized spacial score (nSPS) is 27.0. The molecule has 3 rings (SSSR count). The Balaban J connectivity index is 1.93. The number of nitrogens with zero attached hydrogens (tertiary/aromatic N) is 1. The van der Waals surface area contributed by atoms with Crippen LogP contribution in [0.4, 0.5) is 5.69 Å². The number of Topliss-reactive ketones (excluding diaryl/α,β-unsaturated/α-hetero) is 1. The number of ketones is 1. The number of hydrogen-bond donors (Lipinski definition) is 0. The van der Waals surface area contributed by atoms with Gasteiger partial charge in [0, 0.05) is 18.2 Å². The highest BCUT2D eigenvalue weighted by atomic mass is 16.6. The topological polar surface area (TPSA) is 95.7 Å². The van der Waals surface area contributed by atoms with E-state index in [4.69, 9.17) is 9.47 Å². The predicted molar refractivity (Wildman–Crippen MR) is 70.1 cm³/mol. The van der Waals surface area contributed by atoms with Crippen LogP contribution in [0.2, 0.25) is 0 Å². The maximum absolute atomic E-state index is 12.2. The number of esters is 1. The molecule has 2 atom stereocenters. The number of ether oxygens (including phenoxy) is 2. The summed E-state index contributed by atoms with van der Waals surface area (Å²) in [5.74, 6) is -0.495. The molecular formula is C14H11NO6. The molecule has 0 unspecified atom stereocenters. The number of nitro groups is 1. The Morgan fingerprint density at radius 3 is 2.76 bits per heavy atom. The van der Waals surface area contributed by atoms with Gasteiger partial charge >= 0.3 is 5.97 Å². The van der Waals surface area contributed by atoms with Gasteiger partial charge in [0.2, 0.25) is 0 Å². The molecule has 0 saturated heterocycles. The molecule has 7 heteroatoms. The fourth-order valence-electron chi connectivity index (χ4n) is 2.44. The van der Waals surface area contributed by atoms with Gasteiger partial charge < -0.3 is 9.47 Å². The average Bonchev–Trinajstić information content (AvgIpc) is 2.79. The summed E-state index contributed by atoms with van der Waals surface area (Å²) in [6.45, 7) is 1.66. The van der Waals surface area contributed by atoms with E-state index in [1.807, 2.05) is 0 Å². The Hall–Kier alpha value is -2.70. The number of rotatable bonds is 2. The number of cyclic esters (lactones) is 1. The van der Waals surface area contributed by atoms with E-state index in [0.717, 1.165) is 0 Å². The third kappa shape index (κ3) is 2.16. The van der Waals surface area contributed by atoms with Crippen LogP contribution in [0.1, 0.15) is 23.7 Å². The summed E-state index contributed by atoms with van der Waals surface area (Å²) < 4.78 is 10.9. The first kappa shape index (κ1) is 13.3. The molecule has 0 amide bonds. The Labute approximate surface area is 119 Å². The number of hydrogen-bond acceptors (Lipinski definition) is 6. The van der Waals surface area contributed by atoms with Crippen LogP contribution < -0.4 is 4.74 Å². The second kappa shape index (κ2) is 4.41. The SMILES string of the molecule is C[C@]1([C@@H]2CC(=O)c3cc([N+](=O)[O-])ccc3O2)C=CC(=O)O1. The maximum atomic E-state index is 12.2. The van der Waals surface area contributed by atoms with Gasteiger partial charge in [0.1, 0.15) is 11.9 Å². The Bertz CT molecular complexity index is 695. The van der Waals surface area contributed by atoms with Crippen LogP contribution >= 0.6 is 0 Å². The van der Waals surface area contributed by atoms with E-state index in [1.54, 1.807) is 13.0 Å². The first-order valence-corrected chi connectivity index (χ1v) is 6.29. The van der Waals surface area contributed by atoms with Gasteiger partial charge in [-0.3, -0.25) is 14.9 Å². The highest BCUT2D eigenvalue weighted by molar-refractivity contribution is 6.00. The molecule has 1 aromatic rings. The summed E-state index contributed by atoms with van der Waals surface area (Å²) in [5, 5.41) is 10.7. The van der Waals surface area contributed by atoms with E-state index in [1.165, 1.54) is 24.3 Å². The van der Waals surface area contributed by atoms with Gasteiger partial charge in [0.25, 0.3) is 5.69 Å². The largest absolute Gasteiger partial charge is 0.485 e. The molecule has 1 aromatic carbocycles. The van der Waals surface area contributed by atoms with Crippen molar-refractivity contribution in [2.45, 2.75) is 25.0 Å². The van der Waals surface area contributed by atoms with Crippen LogP contribution in [-0.2, 0) is 9.53 Å². The predicted octanol–water partition coefficient (Wildman–Crippen LogP) is 1.80. The third-order valence-corrected chi connectivity index (χ3v) is 3.62. The van der Waals surface area contributed by atoms with Crippen molar-refractivity contribution in [3.8, 4) is 5.75 Å². The molecule has 0 fully saturated rings. The van der Waals surface area contributed by atoms with Gasteiger partial charge in [-0.25, -0.2) is 4.79 Å². The fraction of sp³-hybridized carbons (Fsp3) is 0.286. The first-order chi connectivity index (χ1) is 9.89. The lowest BCUT2D eigenvalue weighted by Crippen LogP contribution is -2.46. The van der Waals surface area contributed by atoms with Crippen molar-refractivity contribution < 1.29 is 24.0 Å². The molecule has 0 N–H and O–H groups in total. The summed E-state index contributed by atoms with van der Waals surface area (Å²) in [6.07, 6.45) is 2.19. The van der Waals surface area contributed by atoms with E-state index in [0.29, 0.717) is 0 Å². The van der Waals surface area contributed by atoms with E-state index in [9.17, 15) is 19.7 Å². The molecule has 0 radical (unpaired) electrons. The molecule has 0 aliphatic carbocycles. The summed E-state index contributed by atoms with van der Waals surface area (Å²) in [6, 6.07) is 3.86. The molecule has 108 valence electrons. The zero-order valence-corrected chi connectivity index (χ0v) is 11.1. The van der Waals surface area contributed by atoms with Crippen molar-refractivity contribution in [1.82, 2.24) is 0 Å². The zero-order chi connectivity index (χ0) is 15.2. The number of non-ortho nitro benzene ring substituents is 1. The molecular weight excluding hydrogens is 278 g/mol. The van der Waals surface area contributed by atoms with E-state index < -0.39 is 22.6 Å². The van der Waals surface area contributed by atoms with Crippen molar-refractivity contribution >= 4 is 17.4 Å². The quantitative estimate of drug-likeness (QED) is 0.468. The van der Waals surface area contributed by atoms with E-state index in [-0.39, 0.29) is 29.2 Å². The molecule has 7 nitrogen and oxygen atoms in total. The minimum Gasteiger partial charge on any atom is -0.485 e. The van der Waals surface area contributed by atoms with Crippen LogP contribution in [0.5, 0.6) is 5.75 Å². The number of fused-ring (bicyclic) bond motifs is 1. The average molecular weight is 289 g/mol. The molecule has 2 aliphatic heterocycles. The van der Waals surface area contributed by atoms with Crippen molar-refractivity contribution in [1.29, 1.82) is 0 Å². The van der Waals surface area contributed by atoms with Crippen molar-refractivity contribution in [3.05, 3.63) is 46.0 Å². The molecule has 0 bridgehead atoms. The highest BCUT2D eigenvalue weighted by Crippen LogP contribution is 2.37. The number of nitro benzene ring substituents is 1. The minimum absolute atomic E-state index is 0.0116. The molecule has 2 heterocycles. The smallest absolute Gasteiger partial charge is 0.331 e. The molecule has 2 aliphatic rings. The van der Waals surface area contributed by atoms with Gasteiger partial charge in [0.05, 0.1) is 16.9 Å². The lowest BCUT2D eigenvalue weighted by molar-refractivity contribution is -0.384. The highest BCUT2D eigenvalue weighted by Gasteiger charge is 2.44. The Morgan fingerprint density at radius 1 is 1.38 bits per heavy atom. The van der Waals surface area contributed by atoms with Crippen LogP contribution in [-0.4, -0.2) is 28.4 Å². The van der Waals surface area contributed by atoms with Crippen molar-refractivity contribution in [3.63, 3.8) is 0 Å². The second-order valence-electron chi connectivity index (χ2n) is 5.11. The first-order valence-electron chi connectivity index (χ1n) is 6.29. The van der Waals surface area contributed by atoms with Gasteiger partial charge in [0.15, 0.2) is 11.4 Å². The third-order valence-electron chi connectivity index (χ3n) is 3.62. The van der Waals surface area contributed by atoms with Crippen molar-refractivity contribution in [2.24, 2.45) is 0 Å². The maximum Gasteiger partial charge on any atom is 0.331 e. The van der Waals surface area contributed by atoms with Crippen LogP contribution in [0, 0.1) is 10.1 Å². The molecule has 0 aromatic heterocycles. The summed E-state index contributed by atoms with van der Waals surface area (Å²) >= 11 is 0. The van der Waals surface area contributed by atoms with Gasteiger partial charge in [-0.2, -0.15) is 0 Å². The Kier molecular flexibility index (Phi) is 2.79. The number of carbonyl (C=O) groups is 2. The van der Waals surface area contributed by atoms with Crippen LogP contribution in [0.15, 0.2) is 30.4 Å². The van der Waals surface area contributed by atoms with Gasteiger partial charge in [-0.05, 0) is 19.1 Å². The number of benzene rings is 1. The summed E-state index contributed by atoms with van der Waals surface area (Å²) in [4.78, 5) is 33.6. The van der Waals surface area contributed by atoms with Crippen LogP contribution in [0.25, 0.3) is 0 Å².